The zero-order chi connectivity index (χ0) is 13.3. The Balaban J connectivity index is 3.30. The van der Waals surface area contributed by atoms with Gasteiger partial charge in [0.25, 0.3) is 0 Å². The van der Waals surface area contributed by atoms with Crippen molar-refractivity contribution in [3.8, 4) is 0 Å². The number of carboxylic acids is 1. The molecule has 1 atom stereocenters. The van der Waals surface area contributed by atoms with Gasteiger partial charge in [0.05, 0.1) is 0 Å². The van der Waals surface area contributed by atoms with Crippen molar-refractivity contribution in [2.75, 3.05) is 0 Å². The molecule has 0 aromatic heterocycles. The number of rotatable bonds is 3. The third-order valence-electron chi connectivity index (χ3n) is 2.32. The van der Waals surface area contributed by atoms with Gasteiger partial charge in [0.15, 0.2) is 23.3 Å². The second-order valence-corrected chi connectivity index (χ2v) is 3.51. The van der Waals surface area contributed by atoms with Gasteiger partial charge in [-0.15, -0.1) is 0 Å². The summed E-state index contributed by atoms with van der Waals surface area (Å²) in [5.41, 5.74) is 3.25. The van der Waals surface area contributed by atoms with Gasteiger partial charge >= 0.3 is 5.97 Å². The number of benzene rings is 1. The molecule has 0 aliphatic heterocycles. The van der Waals surface area contributed by atoms with E-state index < -0.39 is 52.8 Å². The van der Waals surface area contributed by atoms with Crippen LogP contribution < -0.4 is 5.73 Å². The minimum absolute atomic E-state index is 0.798. The Hall–Kier alpha value is -1.63. The molecule has 0 amide bonds. The van der Waals surface area contributed by atoms with Gasteiger partial charge in [-0.25, -0.2) is 17.6 Å². The Morgan fingerprint density at radius 1 is 1.18 bits per heavy atom. The van der Waals surface area contributed by atoms with Crippen LogP contribution in [0.25, 0.3) is 0 Å². The quantitative estimate of drug-likeness (QED) is 0.632. The lowest BCUT2D eigenvalue weighted by molar-refractivity contribution is -0.138. The maximum Gasteiger partial charge on any atom is 0.320 e. The van der Waals surface area contributed by atoms with Crippen molar-refractivity contribution < 1.29 is 27.5 Å². The molecule has 0 heterocycles. The molecule has 7 heteroatoms. The molecule has 0 aliphatic rings. The van der Waals surface area contributed by atoms with Gasteiger partial charge in [-0.2, -0.15) is 0 Å². The standard InChI is InChI=1S/C10H9F4NO2/c1-3-6(11)8(13)4(9(14)7(3)12)2-5(15)10(16)17/h5H,2,15H2,1H3,(H,16,17)/t5-/m0/s1. The van der Waals surface area contributed by atoms with Gasteiger partial charge in [-0.1, -0.05) is 0 Å². The first kappa shape index (κ1) is 13.4. The van der Waals surface area contributed by atoms with Crippen LogP contribution in [-0.4, -0.2) is 17.1 Å². The highest BCUT2D eigenvalue weighted by molar-refractivity contribution is 5.73. The normalized spacial score (nSPS) is 12.6. The van der Waals surface area contributed by atoms with Gasteiger partial charge in [0, 0.05) is 17.5 Å². The second kappa shape index (κ2) is 4.70. The van der Waals surface area contributed by atoms with Crippen molar-refractivity contribution in [3.05, 3.63) is 34.4 Å². The van der Waals surface area contributed by atoms with E-state index in [1.165, 1.54) is 0 Å². The maximum atomic E-state index is 13.3. The monoisotopic (exact) mass is 251 g/mol. The van der Waals surface area contributed by atoms with Crippen molar-refractivity contribution in [1.29, 1.82) is 0 Å². The first-order valence-electron chi connectivity index (χ1n) is 4.57. The van der Waals surface area contributed by atoms with Crippen LogP contribution in [0.3, 0.4) is 0 Å². The molecular weight excluding hydrogens is 242 g/mol. The number of nitrogens with two attached hydrogens (primary N) is 1. The first-order valence-corrected chi connectivity index (χ1v) is 4.57. The van der Waals surface area contributed by atoms with Crippen LogP contribution in [0.4, 0.5) is 17.6 Å². The van der Waals surface area contributed by atoms with E-state index in [0.717, 1.165) is 6.92 Å². The highest BCUT2D eigenvalue weighted by Crippen LogP contribution is 2.24. The van der Waals surface area contributed by atoms with Crippen LogP contribution in [0.2, 0.25) is 0 Å². The predicted octanol–water partition coefficient (Wildman–Crippen LogP) is 1.51. The number of hydrogen-bond acceptors (Lipinski definition) is 2. The smallest absolute Gasteiger partial charge is 0.320 e. The van der Waals surface area contributed by atoms with Crippen LogP contribution in [0.5, 0.6) is 0 Å². The fourth-order valence-electron chi connectivity index (χ4n) is 1.27. The maximum absolute atomic E-state index is 13.3. The molecule has 1 rings (SSSR count). The largest absolute Gasteiger partial charge is 0.480 e. The molecule has 3 nitrogen and oxygen atoms in total. The van der Waals surface area contributed by atoms with Crippen LogP contribution in [0.15, 0.2) is 0 Å². The average molecular weight is 251 g/mol. The molecule has 3 N–H and O–H groups in total. The Bertz CT molecular complexity index is 447. The van der Waals surface area contributed by atoms with E-state index in [1.54, 1.807) is 0 Å². The predicted molar refractivity (Wildman–Crippen MR) is 50.3 cm³/mol. The summed E-state index contributed by atoms with van der Waals surface area (Å²) >= 11 is 0. The molecule has 94 valence electrons. The summed E-state index contributed by atoms with van der Waals surface area (Å²) in [5, 5.41) is 8.46. The van der Waals surface area contributed by atoms with Crippen LogP contribution in [0.1, 0.15) is 11.1 Å². The summed E-state index contributed by atoms with van der Waals surface area (Å²) in [6.07, 6.45) is -0.832. The van der Waals surface area contributed by atoms with Gasteiger partial charge < -0.3 is 10.8 Å². The van der Waals surface area contributed by atoms with Gasteiger partial charge in [0.1, 0.15) is 6.04 Å². The lowest BCUT2D eigenvalue weighted by atomic mass is 10.0. The highest BCUT2D eigenvalue weighted by atomic mass is 19.2. The molecule has 0 saturated heterocycles. The van der Waals surface area contributed by atoms with E-state index in [-0.39, 0.29) is 0 Å². The summed E-state index contributed by atoms with van der Waals surface area (Å²) in [6.45, 7) is 0.873. The lowest BCUT2D eigenvalue weighted by Gasteiger charge is -2.11. The Morgan fingerprint density at radius 2 is 1.59 bits per heavy atom. The molecule has 0 bridgehead atoms. The van der Waals surface area contributed by atoms with Crippen molar-refractivity contribution >= 4 is 5.97 Å². The lowest BCUT2D eigenvalue weighted by Crippen LogP contribution is -2.33. The molecule has 0 radical (unpaired) electrons. The molecule has 1 aromatic carbocycles. The zero-order valence-electron chi connectivity index (χ0n) is 8.73. The Kier molecular flexibility index (Phi) is 3.72. The minimum Gasteiger partial charge on any atom is -0.480 e. The SMILES string of the molecule is Cc1c(F)c(F)c(C[C@H](N)C(=O)O)c(F)c1F. The van der Waals surface area contributed by atoms with E-state index >= 15 is 0 Å². The molecule has 17 heavy (non-hydrogen) atoms. The van der Waals surface area contributed by atoms with Gasteiger partial charge in [-0.05, 0) is 6.92 Å². The molecule has 0 unspecified atom stereocenters. The number of carboxylic acid groups (broad SMARTS) is 1. The molecule has 1 aromatic rings. The zero-order valence-corrected chi connectivity index (χ0v) is 8.73. The van der Waals surface area contributed by atoms with E-state index in [4.69, 9.17) is 10.8 Å². The number of carbonyl (C=O) groups is 1. The number of aliphatic carboxylic acids is 1. The first-order chi connectivity index (χ1) is 7.77. The van der Waals surface area contributed by atoms with Gasteiger partial charge in [-0.3, -0.25) is 4.79 Å². The summed E-state index contributed by atoms with van der Waals surface area (Å²) in [4.78, 5) is 10.4. The van der Waals surface area contributed by atoms with Crippen LogP contribution in [0, 0.1) is 30.2 Å². The highest BCUT2D eigenvalue weighted by Gasteiger charge is 2.25. The van der Waals surface area contributed by atoms with Gasteiger partial charge in [0.2, 0.25) is 0 Å². The topological polar surface area (TPSA) is 63.3 Å². The number of hydrogen-bond donors (Lipinski definition) is 2. The molecule has 0 spiro atoms. The van der Waals surface area contributed by atoms with E-state index in [9.17, 15) is 22.4 Å². The Labute approximate surface area is 93.8 Å². The second-order valence-electron chi connectivity index (χ2n) is 3.51. The van der Waals surface area contributed by atoms with Crippen molar-refractivity contribution in [2.24, 2.45) is 5.73 Å². The summed E-state index contributed by atoms with van der Waals surface area (Å²) in [5.74, 6) is -7.84. The third-order valence-corrected chi connectivity index (χ3v) is 2.32. The minimum atomic E-state index is -1.64. The molecule has 0 saturated carbocycles. The van der Waals surface area contributed by atoms with Crippen LogP contribution >= 0.6 is 0 Å². The summed E-state index contributed by atoms with van der Waals surface area (Å²) in [6, 6.07) is -1.64. The number of halogens is 4. The van der Waals surface area contributed by atoms with Crippen molar-refractivity contribution in [1.82, 2.24) is 0 Å². The van der Waals surface area contributed by atoms with E-state index in [1.807, 2.05) is 0 Å². The van der Waals surface area contributed by atoms with E-state index in [0.29, 0.717) is 0 Å². The van der Waals surface area contributed by atoms with Crippen molar-refractivity contribution in [3.63, 3.8) is 0 Å². The summed E-state index contributed by atoms with van der Waals surface area (Å²) < 4.78 is 52.8. The fourth-order valence-corrected chi connectivity index (χ4v) is 1.27. The third kappa shape index (κ3) is 2.38. The van der Waals surface area contributed by atoms with Crippen molar-refractivity contribution in [2.45, 2.75) is 19.4 Å². The molecular formula is C10H9F4NO2. The summed E-state index contributed by atoms with van der Waals surface area (Å²) in [7, 11) is 0. The molecule has 0 aliphatic carbocycles. The Morgan fingerprint density at radius 3 is 1.94 bits per heavy atom. The van der Waals surface area contributed by atoms with Crippen LogP contribution in [-0.2, 0) is 11.2 Å². The molecule has 0 fully saturated rings. The fraction of sp³-hybridized carbons (Fsp3) is 0.300. The average Bonchev–Trinajstić information content (AvgIpc) is 2.29. The van der Waals surface area contributed by atoms with E-state index in [2.05, 4.69) is 0 Å².